The minimum Gasteiger partial charge on any atom is -0.494 e. The summed E-state index contributed by atoms with van der Waals surface area (Å²) in [5.74, 6) is -0.571. The lowest BCUT2D eigenvalue weighted by atomic mass is 9.96. The molecule has 0 aliphatic carbocycles. The highest BCUT2D eigenvalue weighted by atomic mass is 16.5. The van der Waals surface area contributed by atoms with Gasteiger partial charge < -0.3 is 9.84 Å². The van der Waals surface area contributed by atoms with Crippen molar-refractivity contribution in [3.05, 3.63) is 65.7 Å². The predicted octanol–water partition coefficient (Wildman–Crippen LogP) is 3.63. The number of carboxylic acid groups (broad SMARTS) is 1. The maximum absolute atomic E-state index is 11.3. The third-order valence-electron chi connectivity index (χ3n) is 3.20. The Morgan fingerprint density at radius 2 is 1.75 bits per heavy atom. The highest BCUT2D eigenvalue weighted by Gasteiger charge is 2.19. The molecule has 0 fully saturated rings. The van der Waals surface area contributed by atoms with E-state index in [-0.39, 0.29) is 0 Å². The third-order valence-corrected chi connectivity index (χ3v) is 3.20. The summed E-state index contributed by atoms with van der Waals surface area (Å²) in [5, 5.41) is 9.30. The summed E-state index contributed by atoms with van der Waals surface area (Å²) in [6.07, 6.45) is 0.452. The van der Waals surface area contributed by atoms with Crippen molar-refractivity contribution >= 4 is 5.97 Å². The minimum absolute atomic E-state index is 0.384. The van der Waals surface area contributed by atoms with Crippen LogP contribution in [0.25, 0.3) is 0 Å². The molecule has 0 heterocycles. The van der Waals surface area contributed by atoms with Crippen LogP contribution in [0.3, 0.4) is 0 Å². The van der Waals surface area contributed by atoms with Crippen molar-refractivity contribution in [1.29, 1.82) is 0 Å². The van der Waals surface area contributed by atoms with E-state index in [0.29, 0.717) is 13.0 Å². The molecule has 1 N–H and O–H groups in total. The lowest BCUT2D eigenvalue weighted by molar-refractivity contribution is -0.139. The molecule has 0 radical (unpaired) electrons. The molecule has 20 heavy (non-hydrogen) atoms. The highest BCUT2D eigenvalue weighted by Crippen LogP contribution is 2.20. The van der Waals surface area contributed by atoms with Crippen LogP contribution in [0, 0.1) is 6.92 Å². The van der Waals surface area contributed by atoms with Gasteiger partial charge in [-0.3, -0.25) is 4.79 Å². The molecular weight excluding hydrogens is 252 g/mol. The second kappa shape index (κ2) is 6.75. The van der Waals surface area contributed by atoms with Crippen LogP contribution in [0.5, 0.6) is 5.75 Å². The molecule has 1 unspecified atom stereocenters. The molecule has 2 aromatic carbocycles. The molecule has 104 valence electrons. The van der Waals surface area contributed by atoms with Gasteiger partial charge in [0.05, 0.1) is 12.5 Å². The largest absolute Gasteiger partial charge is 0.494 e. The number of hydrogen-bond acceptors (Lipinski definition) is 2. The van der Waals surface area contributed by atoms with Crippen LogP contribution in [-0.2, 0) is 4.79 Å². The van der Waals surface area contributed by atoms with E-state index in [0.717, 1.165) is 11.3 Å². The summed E-state index contributed by atoms with van der Waals surface area (Å²) in [6, 6.07) is 17.0. The van der Waals surface area contributed by atoms with Crippen LogP contribution in [0.4, 0.5) is 0 Å². The van der Waals surface area contributed by atoms with Gasteiger partial charge in [0.2, 0.25) is 0 Å². The number of carboxylic acids is 1. The number of aryl methyl sites for hydroxylation is 1. The van der Waals surface area contributed by atoms with Crippen molar-refractivity contribution in [2.24, 2.45) is 0 Å². The van der Waals surface area contributed by atoms with Crippen LogP contribution in [0.2, 0.25) is 0 Å². The molecule has 0 saturated carbocycles. The number of carbonyl (C=O) groups is 1. The van der Waals surface area contributed by atoms with Crippen LogP contribution < -0.4 is 4.74 Å². The highest BCUT2D eigenvalue weighted by molar-refractivity contribution is 5.76. The topological polar surface area (TPSA) is 46.5 Å². The molecule has 0 bridgehead atoms. The Balaban J connectivity index is 1.93. The summed E-state index contributed by atoms with van der Waals surface area (Å²) >= 11 is 0. The van der Waals surface area contributed by atoms with Crippen molar-refractivity contribution in [3.63, 3.8) is 0 Å². The fourth-order valence-corrected chi connectivity index (χ4v) is 2.05. The Morgan fingerprint density at radius 1 is 1.10 bits per heavy atom. The second-order valence-electron chi connectivity index (χ2n) is 4.75. The number of aliphatic carboxylic acids is 1. The average Bonchev–Trinajstić information content (AvgIpc) is 2.46. The predicted molar refractivity (Wildman–Crippen MR) is 78.1 cm³/mol. The summed E-state index contributed by atoms with van der Waals surface area (Å²) in [6.45, 7) is 2.40. The van der Waals surface area contributed by atoms with Gasteiger partial charge in [-0.2, -0.15) is 0 Å². The van der Waals surface area contributed by atoms with E-state index in [4.69, 9.17) is 4.74 Å². The molecule has 0 spiro atoms. The van der Waals surface area contributed by atoms with E-state index < -0.39 is 11.9 Å². The first-order valence-electron chi connectivity index (χ1n) is 6.64. The SMILES string of the molecule is Cc1ccc(OCCC(C(=O)O)c2ccccc2)cc1. The van der Waals surface area contributed by atoms with Crippen molar-refractivity contribution in [2.45, 2.75) is 19.3 Å². The Hall–Kier alpha value is -2.29. The number of benzene rings is 2. The lowest BCUT2D eigenvalue weighted by Gasteiger charge is -2.13. The lowest BCUT2D eigenvalue weighted by Crippen LogP contribution is -2.15. The molecule has 0 saturated heterocycles. The zero-order chi connectivity index (χ0) is 14.4. The molecule has 2 aromatic rings. The standard InChI is InChI=1S/C17H18O3/c1-13-7-9-15(10-8-13)20-12-11-16(17(18)19)14-5-3-2-4-6-14/h2-10,16H,11-12H2,1H3,(H,18,19). The normalized spacial score (nSPS) is 11.8. The summed E-state index contributed by atoms with van der Waals surface area (Å²) < 4.78 is 5.60. The third kappa shape index (κ3) is 3.85. The summed E-state index contributed by atoms with van der Waals surface area (Å²) in [7, 11) is 0. The van der Waals surface area contributed by atoms with Gasteiger partial charge >= 0.3 is 5.97 Å². The first-order chi connectivity index (χ1) is 9.66. The first kappa shape index (κ1) is 14.1. The molecular formula is C17H18O3. The molecule has 1 atom stereocenters. The molecule has 0 aliphatic heterocycles. The van der Waals surface area contributed by atoms with Gasteiger partial charge in [0.15, 0.2) is 0 Å². The Bertz CT molecular complexity index is 546. The smallest absolute Gasteiger partial charge is 0.311 e. The second-order valence-corrected chi connectivity index (χ2v) is 4.75. The van der Waals surface area contributed by atoms with Gasteiger partial charge in [-0.1, -0.05) is 48.0 Å². The van der Waals surface area contributed by atoms with E-state index in [1.54, 1.807) is 0 Å². The van der Waals surface area contributed by atoms with E-state index >= 15 is 0 Å². The Labute approximate surface area is 118 Å². The van der Waals surface area contributed by atoms with Crippen molar-refractivity contribution in [3.8, 4) is 5.75 Å². The zero-order valence-electron chi connectivity index (χ0n) is 11.5. The minimum atomic E-state index is -0.816. The number of rotatable bonds is 6. The van der Waals surface area contributed by atoms with Crippen LogP contribution in [0.15, 0.2) is 54.6 Å². The quantitative estimate of drug-likeness (QED) is 0.871. The van der Waals surface area contributed by atoms with Gasteiger partial charge in [-0.05, 0) is 31.0 Å². The fourth-order valence-electron chi connectivity index (χ4n) is 2.05. The molecule has 0 aliphatic rings. The maximum Gasteiger partial charge on any atom is 0.311 e. The van der Waals surface area contributed by atoms with Gasteiger partial charge in [0.1, 0.15) is 5.75 Å². The van der Waals surface area contributed by atoms with Gasteiger partial charge in [0, 0.05) is 0 Å². The van der Waals surface area contributed by atoms with E-state index in [9.17, 15) is 9.90 Å². The fraction of sp³-hybridized carbons (Fsp3) is 0.235. The molecule has 3 heteroatoms. The van der Waals surface area contributed by atoms with Crippen LogP contribution in [0.1, 0.15) is 23.5 Å². The Kier molecular flexibility index (Phi) is 4.77. The number of hydrogen-bond donors (Lipinski definition) is 1. The maximum atomic E-state index is 11.3. The van der Waals surface area contributed by atoms with Crippen molar-refractivity contribution in [2.75, 3.05) is 6.61 Å². The van der Waals surface area contributed by atoms with E-state index in [1.807, 2.05) is 61.5 Å². The van der Waals surface area contributed by atoms with E-state index in [2.05, 4.69) is 0 Å². The molecule has 0 aromatic heterocycles. The van der Waals surface area contributed by atoms with Crippen LogP contribution >= 0.6 is 0 Å². The number of ether oxygens (including phenoxy) is 1. The average molecular weight is 270 g/mol. The van der Waals surface area contributed by atoms with Crippen molar-refractivity contribution in [1.82, 2.24) is 0 Å². The molecule has 0 amide bonds. The zero-order valence-corrected chi connectivity index (χ0v) is 11.5. The van der Waals surface area contributed by atoms with Gasteiger partial charge in [-0.15, -0.1) is 0 Å². The monoisotopic (exact) mass is 270 g/mol. The summed E-state index contributed by atoms with van der Waals surface area (Å²) in [4.78, 5) is 11.3. The molecule has 2 rings (SSSR count). The first-order valence-corrected chi connectivity index (χ1v) is 6.64. The summed E-state index contributed by atoms with van der Waals surface area (Å²) in [5.41, 5.74) is 1.98. The van der Waals surface area contributed by atoms with Gasteiger partial charge in [-0.25, -0.2) is 0 Å². The molecule has 3 nitrogen and oxygen atoms in total. The van der Waals surface area contributed by atoms with Gasteiger partial charge in [0.25, 0.3) is 0 Å². The Morgan fingerprint density at radius 3 is 2.35 bits per heavy atom. The van der Waals surface area contributed by atoms with Crippen molar-refractivity contribution < 1.29 is 14.6 Å². The van der Waals surface area contributed by atoms with Crippen LogP contribution in [-0.4, -0.2) is 17.7 Å². The van der Waals surface area contributed by atoms with E-state index in [1.165, 1.54) is 5.56 Å².